The quantitative estimate of drug-likeness (QED) is 0.854. The maximum Gasteiger partial charge on any atom is 0.289 e. The van der Waals surface area contributed by atoms with Crippen molar-refractivity contribution in [2.45, 2.75) is 20.3 Å². The van der Waals surface area contributed by atoms with Gasteiger partial charge >= 0.3 is 0 Å². The number of amides is 1. The van der Waals surface area contributed by atoms with Crippen molar-refractivity contribution in [1.82, 2.24) is 9.80 Å². The van der Waals surface area contributed by atoms with E-state index in [4.69, 9.17) is 9.15 Å². The molecule has 5 heteroatoms. The lowest BCUT2D eigenvalue weighted by Crippen LogP contribution is -2.38. The average molecular weight is 306 g/mol. The third kappa shape index (κ3) is 2.68. The second-order valence-electron chi connectivity index (χ2n) is 6.73. The Kier molecular flexibility index (Phi) is 4.28. The van der Waals surface area contributed by atoms with Crippen LogP contribution in [0.1, 0.15) is 29.7 Å². The van der Waals surface area contributed by atoms with Crippen LogP contribution < -0.4 is 0 Å². The van der Waals surface area contributed by atoms with Gasteiger partial charge in [-0.2, -0.15) is 0 Å². The molecule has 0 radical (unpaired) electrons. The van der Waals surface area contributed by atoms with Gasteiger partial charge in [-0.15, -0.1) is 0 Å². The predicted octanol–water partition coefficient (Wildman–Crippen LogP) is 2.02. The Labute approximate surface area is 132 Å². The lowest BCUT2D eigenvalue weighted by Gasteiger charge is -2.30. The van der Waals surface area contributed by atoms with Gasteiger partial charge in [-0.05, 0) is 32.0 Å². The van der Waals surface area contributed by atoms with Crippen molar-refractivity contribution in [3.63, 3.8) is 0 Å². The summed E-state index contributed by atoms with van der Waals surface area (Å²) in [6.45, 7) is 9.68. The summed E-state index contributed by atoms with van der Waals surface area (Å²) in [5.74, 6) is 1.78. The fraction of sp³-hybridized carbons (Fsp3) is 0.706. The van der Waals surface area contributed by atoms with Crippen molar-refractivity contribution in [1.29, 1.82) is 0 Å². The van der Waals surface area contributed by atoms with Crippen molar-refractivity contribution < 1.29 is 13.9 Å². The zero-order chi connectivity index (χ0) is 15.7. The first kappa shape index (κ1) is 15.6. The molecule has 3 heterocycles. The molecular weight excluding hydrogens is 280 g/mol. The molecule has 5 nitrogen and oxygen atoms in total. The number of carbonyl (C=O) groups is 1. The van der Waals surface area contributed by atoms with Gasteiger partial charge in [-0.25, -0.2) is 0 Å². The molecule has 0 bridgehead atoms. The molecule has 0 saturated carbocycles. The molecule has 2 fully saturated rings. The summed E-state index contributed by atoms with van der Waals surface area (Å²) in [6, 6.07) is 3.63. The van der Waals surface area contributed by atoms with Gasteiger partial charge in [0.05, 0.1) is 6.61 Å². The zero-order valence-corrected chi connectivity index (χ0v) is 13.8. The Morgan fingerprint density at radius 1 is 1.45 bits per heavy atom. The number of aryl methyl sites for hydroxylation is 1. The van der Waals surface area contributed by atoms with Gasteiger partial charge in [-0.1, -0.05) is 6.92 Å². The maximum atomic E-state index is 12.6. The Morgan fingerprint density at radius 3 is 2.91 bits per heavy atom. The molecular formula is C17H26N2O3. The Hall–Kier alpha value is -1.33. The molecule has 2 saturated heterocycles. The number of hydrogen-bond donors (Lipinski definition) is 0. The first-order valence-corrected chi connectivity index (χ1v) is 8.15. The highest BCUT2D eigenvalue weighted by molar-refractivity contribution is 5.91. The minimum Gasteiger partial charge on any atom is -0.456 e. The fourth-order valence-electron chi connectivity index (χ4n) is 4.05. The molecule has 1 aromatic heterocycles. The largest absolute Gasteiger partial charge is 0.456 e. The van der Waals surface area contributed by atoms with Crippen LogP contribution >= 0.6 is 0 Å². The molecule has 1 aromatic rings. The molecule has 0 N–H and O–H groups in total. The second kappa shape index (κ2) is 6.05. The van der Waals surface area contributed by atoms with Gasteiger partial charge in [0.1, 0.15) is 5.76 Å². The molecule has 1 spiro atoms. The van der Waals surface area contributed by atoms with E-state index in [0.29, 0.717) is 11.7 Å². The van der Waals surface area contributed by atoms with Crippen molar-refractivity contribution >= 4 is 5.91 Å². The number of ether oxygens (including phenoxy) is 1. The molecule has 3 rings (SSSR count). The van der Waals surface area contributed by atoms with Gasteiger partial charge in [0, 0.05) is 44.6 Å². The van der Waals surface area contributed by atoms with Crippen LogP contribution in [0.2, 0.25) is 0 Å². The lowest BCUT2D eigenvalue weighted by atomic mass is 9.77. The van der Waals surface area contributed by atoms with Crippen LogP contribution in [0.25, 0.3) is 0 Å². The number of nitrogens with zero attached hydrogens (tertiary/aromatic N) is 2. The summed E-state index contributed by atoms with van der Waals surface area (Å²) in [6.07, 6.45) is 1.06. The molecule has 22 heavy (non-hydrogen) atoms. The first-order chi connectivity index (χ1) is 10.6. The van der Waals surface area contributed by atoms with Gasteiger partial charge in [0.15, 0.2) is 5.76 Å². The highest BCUT2D eigenvalue weighted by Crippen LogP contribution is 2.44. The molecule has 2 aliphatic heterocycles. The van der Waals surface area contributed by atoms with E-state index in [2.05, 4.69) is 11.8 Å². The van der Waals surface area contributed by atoms with E-state index < -0.39 is 0 Å². The van der Waals surface area contributed by atoms with E-state index in [1.165, 1.54) is 0 Å². The maximum absolute atomic E-state index is 12.6. The van der Waals surface area contributed by atoms with Crippen molar-refractivity contribution in [3.8, 4) is 0 Å². The summed E-state index contributed by atoms with van der Waals surface area (Å²) in [7, 11) is 1.77. The van der Waals surface area contributed by atoms with Crippen molar-refractivity contribution in [2.75, 3.05) is 46.4 Å². The number of furan rings is 1. The Morgan fingerprint density at radius 2 is 2.27 bits per heavy atom. The van der Waals surface area contributed by atoms with Crippen LogP contribution in [0, 0.1) is 18.3 Å². The summed E-state index contributed by atoms with van der Waals surface area (Å²) in [5.41, 5.74) is 0.184. The number of likely N-dealkylation sites (tertiary alicyclic amines) is 2. The number of carbonyl (C=O) groups excluding carboxylic acids is 1. The fourth-order valence-corrected chi connectivity index (χ4v) is 4.05. The Balaban J connectivity index is 1.73. The minimum atomic E-state index is 0.0242. The zero-order valence-electron chi connectivity index (χ0n) is 13.8. The van der Waals surface area contributed by atoms with E-state index in [0.717, 1.165) is 51.5 Å². The molecule has 1 amide bonds. The van der Waals surface area contributed by atoms with E-state index in [1.54, 1.807) is 13.2 Å². The van der Waals surface area contributed by atoms with Crippen LogP contribution in [0.4, 0.5) is 0 Å². The van der Waals surface area contributed by atoms with Crippen molar-refractivity contribution in [3.05, 3.63) is 23.7 Å². The SMILES string of the molecule is CCN1C[C@H](COC)[C@@]2(CCN(C(=O)c3ccc(C)o3)C2)C1. The standard InChI is InChI=1S/C17H26N2O3/c1-4-18-9-14(10-21-3)17(11-18)7-8-19(12-17)16(20)15-6-5-13(2)22-15/h5-6,14H,4,7-12H2,1-3H3/t14-,17+/m1/s1. The summed E-state index contributed by atoms with van der Waals surface area (Å²) in [5, 5.41) is 0. The average Bonchev–Trinajstić information content (AvgIpc) is 3.20. The van der Waals surface area contributed by atoms with Crippen LogP contribution in [-0.4, -0.2) is 62.1 Å². The summed E-state index contributed by atoms with van der Waals surface area (Å²) < 4.78 is 10.9. The first-order valence-electron chi connectivity index (χ1n) is 8.15. The monoisotopic (exact) mass is 306 g/mol. The van der Waals surface area contributed by atoms with Gasteiger partial charge in [-0.3, -0.25) is 4.79 Å². The third-order valence-corrected chi connectivity index (χ3v) is 5.32. The lowest BCUT2D eigenvalue weighted by molar-refractivity contribution is 0.0687. The Bertz CT molecular complexity index is 542. The second-order valence-corrected chi connectivity index (χ2v) is 6.73. The van der Waals surface area contributed by atoms with Crippen molar-refractivity contribution in [2.24, 2.45) is 11.3 Å². The van der Waals surface area contributed by atoms with E-state index >= 15 is 0 Å². The van der Waals surface area contributed by atoms with Crippen LogP contribution in [0.15, 0.2) is 16.5 Å². The highest BCUT2D eigenvalue weighted by atomic mass is 16.5. The molecule has 0 aromatic carbocycles. The molecule has 0 aliphatic carbocycles. The molecule has 0 unspecified atom stereocenters. The molecule has 2 atom stereocenters. The predicted molar refractivity (Wildman–Crippen MR) is 83.9 cm³/mol. The van der Waals surface area contributed by atoms with E-state index in [-0.39, 0.29) is 11.3 Å². The van der Waals surface area contributed by atoms with Crippen LogP contribution in [-0.2, 0) is 4.74 Å². The van der Waals surface area contributed by atoms with Gasteiger partial charge in [0.25, 0.3) is 5.91 Å². The van der Waals surface area contributed by atoms with Gasteiger partial charge in [0.2, 0.25) is 0 Å². The highest BCUT2D eigenvalue weighted by Gasteiger charge is 2.51. The minimum absolute atomic E-state index is 0.0242. The summed E-state index contributed by atoms with van der Waals surface area (Å²) in [4.78, 5) is 17.0. The van der Waals surface area contributed by atoms with E-state index in [9.17, 15) is 4.79 Å². The number of methoxy groups -OCH3 is 1. The summed E-state index contributed by atoms with van der Waals surface area (Å²) >= 11 is 0. The normalized spacial score (nSPS) is 28.9. The van der Waals surface area contributed by atoms with E-state index in [1.807, 2.05) is 17.9 Å². The van der Waals surface area contributed by atoms with Crippen LogP contribution in [0.5, 0.6) is 0 Å². The topological polar surface area (TPSA) is 45.9 Å². The molecule has 2 aliphatic rings. The smallest absolute Gasteiger partial charge is 0.289 e. The third-order valence-electron chi connectivity index (χ3n) is 5.32. The van der Waals surface area contributed by atoms with Crippen LogP contribution in [0.3, 0.4) is 0 Å². The molecule has 122 valence electrons. The number of rotatable bonds is 4. The van der Waals surface area contributed by atoms with Gasteiger partial charge < -0.3 is 19.0 Å². The number of hydrogen-bond acceptors (Lipinski definition) is 4.